The maximum atomic E-state index is 4.06. The van der Waals surface area contributed by atoms with Crippen LogP contribution in [0.1, 0.15) is 17.2 Å². The Hall–Kier alpha value is -0.890. The van der Waals surface area contributed by atoms with Gasteiger partial charge in [-0.1, -0.05) is 24.3 Å². The Kier molecular flexibility index (Phi) is 1.86. The normalized spacial score (nSPS) is 22.4. The predicted octanol–water partition coefficient (Wildman–Crippen LogP) is 2.74. The van der Waals surface area contributed by atoms with E-state index in [4.69, 9.17) is 0 Å². The van der Waals surface area contributed by atoms with Gasteiger partial charge in [-0.2, -0.15) is 0 Å². The summed E-state index contributed by atoms with van der Waals surface area (Å²) in [5, 5.41) is 0. The Morgan fingerprint density at radius 3 is 3.09 bits per heavy atom. The highest BCUT2D eigenvalue weighted by molar-refractivity contribution is 7.09. The SMILES string of the molecule is C1=CCC(c2cncs2)C=C1. The fourth-order valence-corrected chi connectivity index (χ4v) is 1.92. The molecule has 1 atom stereocenters. The Morgan fingerprint density at radius 2 is 2.45 bits per heavy atom. The van der Waals surface area contributed by atoms with Crippen molar-refractivity contribution >= 4 is 11.3 Å². The summed E-state index contributed by atoms with van der Waals surface area (Å²) < 4.78 is 0. The molecule has 2 rings (SSSR count). The molecule has 0 aromatic carbocycles. The molecule has 0 radical (unpaired) electrons. The van der Waals surface area contributed by atoms with Crippen molar-refractivity contribution in [3.8, 4) is 0 Å². The summed E-state index contributed by atoms with van der Waals surface area (Å²) in [6.07, 6.45) is 11.7. The second-order valence-electron chi connectivity index (χ2n) is 2.56. The summed E-state index contributed by atoms with van der Waals surface area (Å²) in [5.41, 5.74) is 1.89. The first-order chi connectivity index (χ1) is 5.47. The highest BCUT2D eigenvalue weighted by Crippen LogP contribution is 2.26. The van der Waals surface area contributed by atoms with E-state index in [0.29, 0.717) is 5.92 Å². The van der Waals surface area contributed by atoms with Gasteiger partial charge in [-0.15, -0.1) is 11.3 Å². The molecule has 0 saturated heterocycles. The molecule has 0 bridgehead atoms. The highest BCUT2D eigenvalue weighted by Gasteiger charge is 2.08. The van der Waals surface area contributed by atoms with Crippen molar-refractivity contribution in [3.63, 3.8) is 0 Å². The number of hydrogen-bond acceptors (Lipinski definition) is 2. The van der Waals surface area contributed by atoms with Crippen LogP contribution in [0, 0.1) is 0 Å². The average molecular weight is 163 g/mol. The summed E-state index contributed by atoms with van der Waals surface area (Å²) in [6.45, 7) is 0. The third-order valence-electron chi connectivity index (χ3n) is 1.80. The molecule has 2 heteroatoms. The van der Waals surface area contributed by atoms with Crippen molar-refractivity contribution in [3.05, 3.63) is 40.9 Å². The molecule has 1 heterocycles. The van der Waals surface area contributed by atoms with Crippen LogP contribution in [-0.4, -0.2) is 4.98 Å². The smallest absolute Gasteiger partial charge is 0.0794 e. The third kappa shape index (κ3) is 1.40. The van der Waals surface area contributed by atoms with E-state index in [2.05, 4.69) is 29.3 Å². The topological polar surface area (TPSA) is 12.9 Å². The van der Waals surface area contributed by atoms with Gasteiger partial charge in [0.15, 0.2) is 0 Å². The maximum Gasteiger partial charge on any atom is 0.0794 e. The molecule has 11 heavy (non-hydrogen) atoms. The van der Waals surface area contributed by atoms with Gasteiger partial charge >= 0.3 is 0 Å². The van der Waals surface area contributed by atoms with Gasteiger partial charge in [-0.05, 0) is 6.42 Å². The second kappa shape index (κ2) is 3.01. The summed E-state index contributed by atoms with van der Waals surface area (Å²) >= 11 is 1.73. The Morgan fingerprint density at radius 1 is 1.45 bits per heavy atom. The molecule has 0 aliphatic heterocycles. The lowest BCUT2D eigenvalue weighted by Crippen LogP contribution is -1.92. The van der Waals surface area contributed by atoms with Gasteiger partial charge in [0.25, 0.3) is 0 Å². The van der Waals surface area contributed by atoms with Gasteiger partial charge in [0.05, 0.1) is 5.51 Å². The van der Waals surface area contributed by atoms with Crippen LogP contribution in [0.25, 0.3) is 0 Å². The van der Waals surface area contributed by atoms with Gasteiger partial charge in [0, 0.05) is 17.0 Å². The van der Waals surface area contributed by atoms with Gasteiger partial charge in [0.1, 0.15) is 0 Å². The van der Waals surface area contributed by atoms with Gasteiger partial charge in [0.2, 0.25) is 0 Å². The van der Waals surface area contributed by atoms with Gasteiger partial charge in [-0.25, -0.2) is 0 Å². The number of thiazole rings is 1. The molecule has 1 nitrogen and oxygen atoms in total. The zero-order valence-electron chi connectivity index (χ0n) is 6.10. The van der Waals surface area contributed by atoms with Crippen molar-refractivity contribution in [2.75, 3.05) is 0 Å². The quantitative estimate of drug-likeness (QED) is 0.620. The largest absolute Gasteiger partial charge is 0.253 e. The number of nitrogens with zero attached hydrogens (tertiary/aromatic N) is 1. The van der Waals surface area contributed by atoms with Crippen LogP contribution in [0.2, 0.25) is 0 Å². The zero-order chi connectivity index (χ0) is 7.52. The Bertz CT molecular complexity index is 272. The highest BCUT2D eigenvalue weighted by atomic mass is 32.1. The molecular weight excluding hydrogens is 154 g/mol. The molecule has 0 spiro atoms. The molecule has 1 unspecified atom stereocenters. The van der Waals surface area contributed by atoms with E-state index < -0.39 is 0 Å². The van der Waals surface area contributed by atoms with E-state index in [0.717, 1.165) is 6.42 Å². The van der Waals surface area contributed by atoms with Crippen LogP contribution >= 0.6 is 11.3 Å². The summed E-state index contributed by atoms with van der Waals surface area (Å²) in [7, 11) is 0. The fraction of sp³-hybridized carbons (Fsp3) is 0.222. The summed E-state index contributed by atoms with van der Waals surface area (Å²) in [6, 6.07) is 0. The number of aromatic nitrogens is 1. The first-order valence-corrected chi connectivity index (χ1v) is 4.56. The lowest BCUT2D eigenvalue weighted by Gasteiger charge is -2.08. The molecule has 1 aromatic heterocycles. The van der Waals surface area contributed by atoms with Crippen LogP contribution in [0.15, 0.2) is 36.0 Å². The number of allylic oxidation sites excluding steroid dienone is 4. The van der Waals surface area contributed by atoms with E-state index in [1.165, 1.54) is 4.88 Å². The molecule has 0 saturated carbocycles. The predicted molar refractivity (Wildman–Crippen MR) is 47.8 cm³/mol. The Balaban J connectivity index is 2.19. The van der Waals surface area contributed by atoms with E-state index >= 15 is 0 Å². The molecule has 1 aromatic rings. The standard InChI is InChI=1S/C9H9NS/c1-2-4-8(5-3-1)9-6-10-7-11-9/h1-4,6-8H,5H2. The first-order valence-electron chi connectivity index (χ1n) is 3.68. The third-order valence-corrected chi connectivity index (χ3v) is 2.70. The van der Waals surface area contributed by atoms with E-state index in [-0.39, 0.29) is 0 Å². The lowest BCUT2D eigenvalue weighted by molar-refractivity contribution is 0.870. The number of hydrogen-bond donors (Lipinski definition) is 0. The first kappa shape index (κ1) is 6.80. The van der Waals surface area contributed by atoms with Crippen molar-refractivity contribution in [1.82, 2.24) is 4.98 Å². The van der Waals surface area contributed by atoms with Crippen molar-refractivity contribution < 1.29 is 0 Å². The van der Waals surface area contributed by atoms with Crippen LogP contribution < -0.4 is 0 Å². The van der Waals surface area contributed by atoms with Crippen LogP contribution in [0.4, 0.5) is 0 Å². The molecule has 1 aliphatic rings. The summed E-state index contributed by atoms with van der Waals surface area (Å²) in [4.78, 5) is 5.42. The minimum absolute atomic E-state index is 0.576. The average Bonchev–Trinajstić information content (AvgIpc) is 2.58. The van der Waals surface area contributed by atoms with E-state index in [1.54, 1.807) is 11.3 Å². The molecular formula is C9H9NS. The van der Waals surface area contributed by atoms with Crippen molar-refractivity contribution in [1.29, 1.82) is 0 Å². The molecule has 1 aliphatic carbocycles. The minimum atomic E-state index is 0.576. The monoisotopic (exact) mass is 163 g/mol. The zero-order valence-corrected chi connectivity index (χ0v) is 6.92. The number of rotatable bonds is 1. The molecule has 0 amide bonds. The van der Waals surface area contributed by atoms with Crippen molar-refractivity contribution in [2.24, 2.45) is 0 Å². The Labute approximate surface area is 70.1 Å². The van der Waals surface area contributed by atoms with Crippen LogP contribution in [0.5, 0.6) is 0 Å². The second-order valence-corrected chi connectivity index (χ2v) is 3.48. The van der Waals surface area contributed by atoms with Gasteiger partial charge < -0.3 is 0 Å². The van der Waals surface area contributed by atoms with Crippen molar-refractivity contribution in [2.45, 2.75) is 12.3 Å². The maximum absolute atomic E-state index is 4.06. The molecule has 56 valence electrons. The summed E-state index contributed by atoms with van der Waals surface area (Å²) in [5.74, 6) is 0.576. The van der Waals surface area contributed by atoms with Gasteiger partial charge in [-0.3, -0.25) is 4.98 Å². The minimum Gasteiger partial charge on any atom is -0.253 e. The van der Waals surface area contributed by atoms with E-state index in [1.807, 2.05) is 11.7 Å². The fourth-order valence-electron chi connectivity index (χ4n) is 1.20. The molecule has 0 fully saturated rings. The van der Waals surface area contributed by atoms with Crippen LogP contribution in [0.3, 0.4) is 0 Å². The molecule has 0 N–H and O–H groups in total. The van der Waals surface area contributed by atoms with Crippen LogP contribution in [-0.2, 0) is 0 Å². The lowest BCUT2D eigenvalue weighted by atomic mass is 10.0. The van der Waals surface area contributed by atoms with E-state index in [9.17, 15) is 0 Å².